The van der Waals surface area contributed by atoms with Crippen LogP contribution < -0.4 is 5.73 Å². The number of ether oxygens (including phenoxy) is 1. The molecular formula is C24H23F2N3O3S3. The largest absolute Gasteiger partial charge is 0.379 e. The van der Waals surface area contributed by atoms with Crippen LogP contribution in [0.4, 0.5) is 8.78 Å². The summed E-state index contributed by atoms with van der Waals surface area (Å²) < 4.78 is 33.2. The van der Waals surface area contributed by atoms with Gasteiger partial charge in [0.2, 0.25) is 5.91 Å². The topological polar surface area (TPSA) is 75.9 Å². The fourth-order valence-corrected chi connectivity index (χ4v) is 6.08. The van der Waals surface area contributed by atoms with Crippen LogP contribution in [-0.4, -0.2) is 65.3 Å². The molecule has 2 saturated heterocycles. The van der Waals surface area contributed by atoms with Crippen molar-refractivity contribution in [3.8, 4) is 11.1 Å². The van der Waals surface area contributed by atoms with E-state index in [0.717, 1.165) is 52.8 Å². The van der Waals surface area contributed by atoms with Crippen LogP contribution in [0.15, 0.2) is 35.2 Å². The normalized spacial score (nSPS) is 18.3. The predicted octanol–water partition coefficient (Wildman–Crippen LogP) is 4.12. The van der Waals surface area contributed by atoms with Crippen LogP contribution in [0.1, 0.15) is 16.2 Å². The molecule has 11 heteroatoms. The molecule has 2 N–H and O–H groups in total. The molecule has 0 radical (unpaired) electrons. The van der Waals surface area contributed by atoms with Crippen LogP contribution in [-0.2, 0) is 14.3 Å². The van der Waals surface area contributed by atoms with Gasteiger partial charge < -0.3 is 10.5 Å². The number of nitrogens with zero attached hydrogens (tertiary/aromatic N) is 2. The van der Waals surface area contributed by atoms with Gasteiger partial charge in [-0.3, -0.25) is 19.4 Å². The zero-order valence-electron chi connectivity index (χ0n) is 18.7. The second-order valence-corrected chi connectivity index (χ2v) is 10.7. The van der Waals surface area contributed by atoms with E-state index >= 15 is 0 Å². The third-order valence-corrected chi connectivity index (χ3v) is 7.90. The molecule has 2 aromatic rings. The number of carbonyl (C=O) groups excluding carboxylic acids is 2. The minimum absolute atomic E-state index is 0.0249. The highest BCUT2D eigenvalue weighted by Crippen LogP contribution is 2.38. The van der Waals surface area contributed by atoms with E-state index in [1.807, 2.05) is 18.2 Å². The van der Waals surface area contributed by atoms with Gasteiger partial charge in [-0.2, -0.15) is 0 Å². The van der Waals surface area contributed by atoms with Crippen molar-refractivity contribution in [3.63, 3.8) is 0 Å². The SMILES string of the molecule is NC(=O)CCN1C(=O)/C(=C/c2cc(-c3ccc(F)c(F)c3)c(/C=C/CN3CCOCC3)s2)SC1=S. The van der Waals surface area contributed by atoms with Crippen molar-refractivity contribution in [2.75, 3.05) is 39.4 Å². The molecule has 2 aliphatic heterocycles. The molecule has 0 aliphatic carbocycles. The Morgan fingerprint density at radius 1 is 1.20 bits per heavy atom. The molecule has 4 rings (SSSR count). The first kappa shape index (κ1) is 25.6. The van der Waals surface area contributed by atoms with Crippen molar-refractivity contribution in [1.82, 2.24) is 9.80 Å². The van der Waals surface area contributed by atoms with Gasteiger partial charge in [0.05, 0.1) is 18.1 Å². The number of amides is 2. The van der Waals surface area contributed by atoms with Crippen molar-refractivity contribution >= 4 is 63.6 Å². The molecule has 6 nitrogen and oxygen atoms in total. The summed E-state index contributed by atoms with van der Waals surface area (Å²) >= 11 is 7.89. The molecule has 2 amide bonds. The lowest BCUT2D eigenvalue weighted by atomic mass is 10.1. The first-order valence-corrected chi connectivity index (χ1v) is 13.0. The van der Waals surface area contributed by atoms with E-state index in [0.29, 0.717) is 28.0 Å². The zero-order chi connectivity index (χ0) is 24.9. The molecule has 184 valence electrons. The molecule has 35 heavy (non-hydrogen) atoms. The molecule has 3 heterocycles. The molecule has 0 bridgehead atoms. The number of morpholine rings is 1. The van der Waals surface area contributed by atoms with E-state index in [2.05, 4.69) is 4.90 Å². The van der Waals surface area contributed by atoms with Crippen LogP contribution in [0.3, 0.4) is 0 Å². The average Bonchev–Trinajstić information content (AvgIpc) is 3.35. The zero-order valence-corrected chi connectivity index (χ0v) is 21.1. The van der Waals surface area contributed by atoms with Gasteiger partial charge in [0.1, 0.15) is 4.32 Å². The Hall–Kier alpha value is -2.44. The Morgan fingerprint density at radius 3 is 2.69 bits per heavy atom. The number of thioether (sulfide) groups is 1. The van der Waals surface area contributed by atoms with Gasteiger partial charge in [0, 0.05) is 47.9 Å². The van der Waals surface area contributed by atoms with Gasteiger partial charge in [-0.25, -0.2) is 8.78 Å². The third kappa shape index (κ3) is 6.42. The summed E-state index contributed by atoms with van der Waals surface area (Å²) in [6.45, 7) is 3.99. The van der Waals surface area contributed by atoms with Crippen LogP contribution in [0, 0.1) is 11.6 Å². The van der Waals surface area contributed by atoms with Crippen molar-refractivity contribution in [2.45, 2.75) is 6.42 Å². The van der Waals surface area contributed by atoms with Gasteiger partial charge in [-0.15, -0.1) is 11.3 Å². The van der Waals surface area contributed by atoms with E-state index in [1.54, 1.807) is 6.08 Å². The number of halogens is 2. The number of rotatable bonds is 8. The molecule has 0 saturated carbocycles. The number of nitrogens with two attached hydrogens (primary N) is 1. The maximum atomic E-state index is 14.0. The number of thiophene rings is 1. The van der Waals surface area contributed by atoms with Crippen molar-refractivity contribution in [1.29, 1.82) is 0 Å². The number of carbonyl (C=O) groups is 2. The molecule has 0 unspecified atom stereocenters. The van der Waals surface area contributed by atoms with E-state index < -0.39 is 17.5 Å². The number of primary amides is 1. The van der Waals surface area contributed by atoms with Gasteiger partial charge in [-0.1, -0.05) is 36.1 Å². The Bertz CT molecular complexity index is 1210. The molecular weight excluding hydrogens is 512 g/mol. The number of thiocarbonyl (C=S) groups is 1. The van der Waals surface area contributed by atoms with Crippen molar-refractivity contribution in [2.24, 2.45) is 5.73 Å². The summed E-state index contributed by atoms with van der Waals surface area (Å²) in [5, 5.41) is 0. The summed E-state index contributed by atoms with van der Waals surface area (Å²) in [5.41, 5.74) is 6.48. The van der Waals surface area contributed by atoms with Crippen molar-refractivity contribution < 1.29 is 23.1 Å². The monoisotopic (exact) mass is 535 g/mol. The second-order valence-electron chi connectivity index (χ2n) is 7.92. The van der Waals surface area contributed by atoms with E-state index in [1.165, 1.54) is 28.4 Å². The fourth-order valence-electron chi connectivity index (χ4n) is 3.65. The number of hydrogen-bond donors (Lipinski definition) is 1. The lowest BCUT2D eigenvalue weighted by Crippen LogP contribution is -2.36. The lowest BCUT2D eigenvalue weighted by molar-refractivity contribution is -0.123. The first-order chi connectivity index (χ1) is 16.8. The smallest absolute Gasteiger partial charge is 0.266 e. The van der Waals surface area contributed by atoms with Gasteiger partial charge in [0.15, 0.2) is 11.6 Å². The van der Waals surface area contributed by atoms with E-state index in [9.17, 15) is 18.4 Å². The highest BCUT2D eigenvalue weighted by molar-refractivity contribution is 8.26. The van der Waals surface area contributed by atoms with Gasteiger partial charge in [0.25, 0.3) is 5.91 Å². The Labute approximate surface area is 215 Å². The predicted molar refractivity (Wildman–Crippen MR) is 140 cm³/mol. The highest BCUT2D eigenvalue weighted by atomic mass is 32.2. The van der Waals surface area contributed by atoms with Crippen LogP contribution >= 0.6 is 35.3 Å². The molecule has 2 fully saturated rings. The minimum atomic E-state index is -0.922. The van der Waals surface area contributed by atoms with Crippen LogP contribution in [0.2, 0.25) is 0 Å². The number of hydrogen-bond acceptors (Lipinski definition) is 7. The quantitative estimate of drug-likeness (QED) is 0.405. The summed E-state index contributed by atoms with van der Waals surface area (Å²) in [6, 6.07) is 5.66. The average molecular weight is 536 g/mol. The van der Waals surface area contributed by atoms with E-state index in [-0.39, 0.29) is 18.9 Å². The highest BCUT2D eigenvalue weighted by Gasteiger charge is 2.32. The molecule has 1 aromatic heterocycles. The van der Waals surface area contributed by atoms with Crippen LogP contribution in [0.5, 0.6) is 0 Å². The fraction of sp³-hybridized carbons (Fsp3) is 0.292. The van der Waals surface area contributed by atoms with Crippen LogP contribution in [0.25, 0.3) is 23.3 Å². The maximum absolute atomic E-state index is 14.0. The molecule has 0 atom stereocenters. The Morgan fingerprint density at radius 2 is 1.97 bits per heavy atom. The molecule has 0 spiro atoms. The second kappa shape index (κ2) is 11.5. The minimum Gasteiger partial charge on any atom is -0.379 e. The summed E-state index contributed by atoms with van der Waals surface area (Å²) in [5.74, 6) is -2.62. The molecule has 2 aliphatic rings. The molecule has 1 aromatic carbocycles. The standard InChI is InChI=1S/C24H23F2N3O3S3/c25-18-4-3-15(12-19(18)26)17-13-16(34-20(17)2-1-6-28-8-10-32-11-9-28)14-21-23(31)29(24(33)35-21)7-5-22(27)30/h1-4,12-14H,5-11H2,(H2,27,30)/b2-1+,21-14-. The Balaban J connectivity index is 1.61. The number of benzene rings is 1. The van der Waals surface area contributed by atoms with Gasteiger partial charge in [-0.05, 0) is 35.9 Å². The Kier molecular flexibility index (Phi) is 8.45. The first-order valence-electron chi connectivity index (χ1n) is 10.9. The lowest BCUT2D eigenvalue weighted by Gasteiger charge is -2.25. The maximum Gasteiger partial charge on any atom is 0.266 e. The third-order valence-electron chi connectivity index (χ3n) is 5.48. The summed E-state index contributed by atoms with van der Waals surface area (Å²) in [7, 11) is 0. The van der Waals surface area contributed by atoms with Gasteiger partial charge >= 0.3 is 0 Å². The summed E-state index contributed by atoms with van der Waals surface area (Å²) in [6.07, 6.45) is 5.76. The van der Waals surface area contributed by atoms with Crippen molar-refractivity contribution in [3.05, 3.63) is 56.6 Å². The summed E-state index contributed by atoms with van der Waals surface area (Å²) in [4.78, 5) is 29.6. The van der Waals surface area contributed by atoms with E-state index in [4.69, 9.17) is 22.7 Å².